The largest absolute Gasteiger partial charge is 0.387 e. The van der Waals surface area contributed by atoms with Gasteiger partial charge < -0.3 is 9.67 Å². The molecule has 0 bridgehead atoms. The van der Waals surface area contributed by atoms with E-state index in [-0.39, 0.29) is 0 Å². The van der Waals surface area contributed by atoms with Crippen molar-refractivity contribution in [3.05, 3.63) is 52.6 Å². The van der Waals surface area contributed by atoms with Gasteiger partial charge in [0, 0.05) is 5.69 Å². The first-order valence-corrected chi connectivity index (χ1v) is 8.00. The molecule has 3 nitrogen and oxygen atoms in total. The Morgan fingerprint density at radius 3 is 2.62 bits per heavy atom. The van der Waals surface area contributed by atoms with Crippen molar-refractivity contribution in [2.45, 2.75) is 58.6 Å². The van der Waals surface area contributed by atoms with Gasteiger partial charge in [0.05, 0.1) is 18.3 Å². The minimum Gasteiger partial charge on any atom is -0.387 e. The maximum atomic E-state index is 10.5. The Morgan fingerprint density at radius 1 is 1.19 bits per heavy atom. The number of aromatic nitrogens is 2. The third-order valence-electron chi connectivity index (χ3n) is 4.55. The molecule has 1 unspecified atom stereocenters. The standard InChI is InChI=1S/C18H24N2O/c1-3-14-8-10-15(11-9-14)18(21)12-20-13(2)19-16-6-4-5-7-17(16)20/h8-11,18,21H,3-7,12H2,1-2H3. The molecule has 1 aliphatic carbocycles. The van der Waals surface area contributed by atoms with Crippen molar-refractivity contribution in [1.82, 2.24) is 9.55 Å². The maximum Gasteiger partial charge on any atom is 0.106 e. The fourth-order valence-electron chi connectivity index (χ4n) is 3.23. The van der Waals surface area contributed by atoms with Crippen LogP contribution < -0.4 is 0 Å². The number of rotatable bonds is 4. The average molecular weight is 284 g/mol. The lowest BCUT2D eigenvalue weighted by molar-refractivity contribution is 0.154. The van der Waals surface area contributed by atoms with Gasteiger partial charge in [-0.1, -0.05) is 31.2 Å². The van der Waals surface area contributed by atoms with Crippen molar-refractivity contribution >= 4 is 0 Å². The zero-order valence-corrected chi connectivity index (χ0v) is 13.0. The van der Waals surface area contributed by atoms with E-state index < -0.39 is 6.10 Å². The van der Waals surface area contributed by atoms with Crippen molar-refractivity contribution in [3.63, 3.8) is 0 Å². The summed E-state index contributed by atoms with van der Waals surface area (Å²) in [6.45, 7) is 4.80. The Morgan fingerprint density at radius 2 is 1.90 bits per heavy atom. The second-order valence-electron chi connectivity index (χ2n) is 5.98. The molecule has 0 spiro atoms. The summed E-state index contributed by atoms with van der Waals surface area (Å²) in [7, 11) is 0. The number of aliphatic hydroxyl groups excluding tert-OH is 1. The molecule has 21 heavy (non-hydrogen) atoms. The highest BCUT2D eigenvalue weighted by Gasteiger charge is 2.20. The molecule has 0 amide bonds. The Balaban J connectivity index is 1.80. The molecule has 0 saturated carbocycles. The van der Waals surface area contributed by atoms with Crippen LogP contribution in [-0.2, 0) is 25.8 Å². The van der Waals surface area contributed by atoms with Crippen molar-refractivity contribution in [3.8, 4) is 0 Å². The van der Waals surface area contributed by atoms with Crippen LogP contribution in [-0.4, -0.2) is 14.7 Å². The summed E-state index contributed by atoms with van der Waals surface area (Å²) >= 11 is 0. The van der Waals surface area contributed by atoms with E-state index in [0.717, 1.165) is 30.7 Å². The lowest BCUT2D eigenvalue weighted by Gasteiger charge is -2.18. The van der Waals surface area contributed by atoms with E-state index in [1.54, 1.807) is 0 Å². The molecule has 1 N–H and O–H groups in total. The fraction of sp³-hybridized carbons (Fsp3) is 0.500. The Hall–Kier alpha value is -1.61. The van der Waals surface area contributed by atoms with Crippen molar-refractivity contribution in [1.29, 1.82) is 0 Å². The van der Waals surface area contributed by atoms with E-state index in [1.807, 2.05) is 19.1 Å². The molecule has 1 aromatic heterocycles. The highest BCUT2D eigenvalue weighted by molar-refractivity contribution is 5.25. The number of hydrogen-bond acceptors (Lipinski definition) is 2. The monoisotopic (exact) mass is 284 g/mol. The van der Waals surface area contributed by atoms with E-state index in [9.17, 15) is 5.11 Å². The highest BCUT2D eigenvalue weighted by atomic mass is 16.3. The number of fused-ring (bicyclic) bond motifs is 1. The predicted octanol–water partition coefficient (Wildman–Crippen LogP) is 3.37. The zero-order chi connectivity index (χ0) is 14.8. The Bertz CT molecular complexity index is 613. The van der Waals surface area contributed by atoms with Gasteiger partial charge in [-0.3, -0.25) is 0 Å². The summed E-state index contributed by atoms with van der Waals surface area (Å²) in [6.07, 6.45) is 5.23. The van der Waals surface area contributed by atoms with Gasteiger partial charge in [0.1, 0.15) is 5.82 Å². The molecule has 3 heteroatoms. The van der Waals surface area contributed by atoms with Crippen LogP contribution in [0.15, 0.2) is 24.3 Å². The molecule has 0 radical (unpaired) electrons. The minimum absolute atomic E-state index is 0.463. The molecule has 0 aliphatic heterocycles. The van der Waals surface area contributed by atoms with Crippen LogP contribution in [0.2, 0.25) is 0 Å². The van der Waals surface area contributed by atoms with Crippen LogP contribution in [0.4, 0.5) is 0 Å². The van der Waals surface area contributed by atoms with Crippen LogP contribution >= 0.6 is 0 Å². The third kappa shape index (κ3) is 2.88. The molecule has 1 aromatic carbocycles. The van der Waals surface area contributed by atoms with Crippen LogP contribution in [0.3, 0.4) is 0 Å². The summed E-state index contributed by atoms with van der Waals surface area (Å²) in [5.41, 5.74) is 4.88. The Labute approximate surface area is 126 Å². The maximum absolute atomic E-state index is 10.5. The van der Waals surface area contributed by atoms with Gasteiger partial charge >= 0.3 is 0 Å². The van der Waals surface area contributed by atoms with E-state index in [2.05, 4.69) is 28.6 Å². The van der Waals surface area contributed by atoms with E-state index in [4.69, 9.17) is 0 Å². The number of imidazole rings is 1. The van der Waals surface area contributed by atoms with Crippen LogP contribution in [0.1, 0.15) is 54.2 Å². The van der Waals surface area contributed by atoms with Crippen molar-refractivity contribution in [2.24, 2.45) is 0 Å². The van der Waals surface area contributed by atoms with Gasteiger partial charge in [-0.05, 0) is 50.2 Å². The lowest BCUT2D eigenvalue weighted by atomic mass is 10.0. The quantitative estimate of drug-likeness (QED) is 0.935. The smallest absolute Gasteiger partial charge is 0.106 e. The second kappa shape index (κ2) is 6.02. The van der Waals surface area contributed by atoms with Crippen molar-refractivity contribution in [2.75, 3.05) is 0 Å². The average Bonchev–Trinajstić information content (AvgIpc) is 2.83. The van der Waals surface area contributed by atoms with Gasteiger partial charge in [-0.25, -0.2) is 4.98 Å². The summed E-state index contributed by atoms with van der Waals surface area (Å²) < 4.78 is 2.22. The topological polar surface area (TPSA) is 38.0 Å². The molecule has 0 fully saturated rings. The molecule has 1 aliphatic rings. The summed E-state index contributed by atoms with van der Waals surface area (Å²) in [6, 6.07) is 8.30. The SMILES string of the molecule is CCc1ccc(C(O)Cn2c(C)nc3c2CCCC3)cc1. The van der Waals surface area contributed by atoms with E-state index in [1.165, 1.54) is 29.8 Å². The predicted molar refractivity (Wildman–Crippen MR) is 84.4 cm³/mol. The normalized spacial score (nSPS) is 15.8. The number of aryl methyl sites for hydroxylation is 3. The third-order valence-corrected chi connectivity index (χ3v) is 4.55. The first-order chi connectivity index (χ1) is 10.2. The van der Waals surface area contributed by atoms with E-state index in [0.29, 0.717) is 6.54 Å². The van der Waals surface area contributed by atoms with Crippen LogP contribution in [0.5, 0.6) is 0 Å². The molecular weight excluding hydrogens is 260 g/mol. The second-order valence-corrected chi connectivity index (χ2v) is 5.98. The zero-order valence-electron chi connectivity index (χ0n) is 13.0. The lowest BCUT2D eigenvalue weighted by Crippen LogP contribution is -2.14. The van der Waals surface area contributed by atoms with Gasteiger partial charge in [0.15, 0.2) is 0 Å². The van der Waals surface area contributed by atoms with Crippen LogP contribution in [0, 0.1) is 6.92 Å². The number of nitrogens with zero attached hydrogens (tertiary/aromatic N) is 2. The number of benzene rings is 1. The first-order valence-electron chi connectivity index (χ1n) is 8.00. The molecule has 1 heterocycles. The van der Waals surface area contributed by atoms with Gasteiger partial charge in [0.25, 0.3) is 0 Å². The molecule has 112 valence electrons. The fourth-order valence-corrected chi connectivity index (χ4v) is 3.23. The number of hydrogen-bond donors (Lipinski definition) is 1. The van der Waals surface area contributed by atoms with Crippen molar-refractivity contribution < 1.29 is 5.11 Å². The highest BCUT2D eigenvalue weighted by Crippen LogP contribution is 2.25. The first kappa shape index (κ1) is 14.3. The summed E-state index contributed by atoms with van der Waals surface area (Å²) in [4.78, 5) is 4.68. The molecule has 1 atom stereocenters. The van der Waals surface area contributed by atoms with Crippen LogP contribution in [0.25, 0.3) is 0 Å². The minimum atomic E-state index is -0.463. The molecular formula is C18H24N2O. The van der Waals surface area contributed by atoms with Gasteiger partial charge in [-0.2, -0.15) is 0 Å². The summed E-state index contributed by atoms with van der Waals surface area (Å²) in [5.74, 6) is 1.03. The number of aliphatic hydroxyl groups is 1. The van der Waals surface area contributed by atoms with E-state index >= 15 is 0 Å². The molecule has 3 rings (SSSR count). The molecule has 2 aromatic rings. The van der Waals surface area contributed by atoms with Gasteiger partial charge in [-0.15, -0.1) is 0 Å². The van der Waals surface area contributed by atoms with Gasteiger partial charge in [0.2, 0.25) is 0 Å². The Kier molecular flexibility index (Phi) is 4.11. The summed E-state index contributed by atoms with van der Waals surface area (Å²) in [5, 5.41) is 10.5. The molecule has 0 saturated heterocycles.